The second-order valence-electron chi connectivity index (χ2n) is 2.99. The molecule has 0 aromatic rings. The molecule has 12 heavy (non-hydrogen) atoms. The molecule has 72 valence electrons. The van der Waals surface area contributed by atoms with E-state index >= 15 is 0 Å². The minimum absolute atomic E-state index is 0.297. The average Bonchev–Trinajstić information content (AvgIpc) is 2.04. The molecule has 0 bridgehead atoms. The highest BCUT2D eigenvalue weighted by atomic mass is 16.4. The Morgan fingerprint density at radius 3 is 2.08 bits per heavy atom. The molecule has 5 nitrogen and oxygen atoms in total. The minimum atomic E-state index is -1.90. The lowest BCUT2D eigenvalue weighted by Gasteiger charge is -2.25. The summed E-state index contributed by atoms with van der Waals surface area (Å²) in [6.07, 6.45) is 0. The van der Waals surface area contributed by atoms with Gasteiger partial charge in [-0.25, -0.2) is 0 Å². The zero-order chi connectivity index (χ0) is 9.78. The Kier molecular flexibility index (Phi) is 4.16. The van der Waals surface area contributed by atoms with Gasteiger partial charge in [0.15, 0.2) is 5.72 Å². The highest BCUT2D eigenvalue weighted by Crippen LogP contribution is 2.00. The zero-order valence-electron chi connectivity index (χ0n) is 7.24. The number of rotatable bonds is 4. The third-order valence-corrected chi connectivity index (χ3v) is 1.40. The minimum Gasteiger partial charge on any atom is -0.391 e. The SMILES string of the molecule is CC(C)C(=O)NC(O)(CO)CO. The van der Waals surface area contributed by atoms with E-state index in [2.05, 4.69) is 5.32 Å². The van der Waals surface area contributed by atoms with Crippen molar-refractivity contribution in [1.29, 1.82) is 0 Å². The highest BCUT2D eigenvalue weighted by Gasteiger charge is 2.27. The summed E-state index contributed by atoms with van der Waals surface area (Å²) < 4.78 is 0. The lowest BCUT2D eigenvalue weighted by atomic mass is 10.1. The Morgan fingerprint density at radius 2 is 1.83 bits per heavy atom. The monoisotopic (exact) mass is 177 g/mol. The first-order chi connectivity index (χ1) is 5.45. The van der Waals surface area contributed by atoms with Crippen molar-refractivity contribution in [1.82, 2.24) is 5.32 Å². The van der Waals surface area contributed by atoms with Gasteiger partial charge in [-0.05, 0) is 0 Å². The summed E-state index contributed by atoms with van der Waals surface area (Å²) in [5.41, 5.74) is -1.90. The van der Waals surface area contributed by atoms with Crippen molar-refractivity contribution in [2.75, 3.05) is 13.2 Å². The molecular formula is C7H15NO4. The second-order valence-corrected chi connectivity index (χ2v) is 2.99. The Balaban J connectivity index is 4.12. The topological polar surface area (TPSA) is 89.8 Å². The van der Waals surface area contributed by atoms with E-state index in [-0.39, 0.29) is 5.92 Å². The van der Waals surface area contributed by atoms with Crippen molar-refractivity contribution in [2.24, 2.45) is 5.92 Å². The van der Waals surface area contributed by atoms with Gasteiger partial charge in [0, 0.05) is 5.92 Å². The van der Waals surface area contributed by atoms with E-state index in [1.807, 2.05) is 0 Å². The number of aliphatic hydroxyl groups is 3. The number of hydrogen-bond acceptors (Lipinski definition) is 4. The molecule has 0 aliphatic rings. The summed E-state index contributed by atoms with van der Waals surface area (Å²) >= 11 is 0. The van der Waals surface area contributed by atoms with Crippen molar-refractivity contribution < 1.29 is 20.1 Å². The molecule has 0 heterocycles. The smallest absolute Gasteiger partial charge is 0.224 e. The largest absolute Gasteiger partial charge is 0.391 e. The quantitative estimate of drug-likeness (QED) is 0.391. The fourth-order valence-corrected chi connectivity index (χ4v) is 0.503. The van der Waals surface area contributed by atoms with E-state index in [1.54, 1.807) is 13.8 Å². The second kappa shape index (κ2) is 4.39. The van der Waals surface area contributed by atoms with Gasteiger partial charge in [-0.3, -0.25) is 4.79 Å². The van der Waals surface area contributed by atoms with Crippen LogP contribution in [0.1, 0.15) is 13.8 Å². The number of amides is 1. The van der Waals surface area contributed by atoms with Crippen LogP contribution >= 0.6 is 0 Å². The van der Waals surface area contributed by atoms with Crippen LogP contribution in [0.2, 0.25) is 0 Å². The summed E-state index contributed by atoms with van der Waals surface area (Å²) in [5.74, 6) is -0.713. The van der Waals surface area contributed by atoms with Gasteiger partial charge in [-0.2, -0.15) is 0 Å². The summed E-state index contributed by atoms with van der Waals surface area (Å²) in [5, 5.41) is 28.5. The molecule has 0 aromatic carbocycles. The standard InChI is InChI=1S/C7H15NO4/c1-5(2)6(11)8-7(12,3-9)4-10/h5,9-10,12H,3-4H2,1-2H3,(H,8,11). The summed E-state index contributed by atoms with van der Waals surface area (Å²) in [6, 6.07) is 0. The maximum atomic E-state index is 11.0. The van der Waals surface area contributed by atoms with Gasteiger partial charge in [-0.1, -0.05) is 13.8 Å². The molecule has 0 atom stereocenters. The van der Waals surface area contributed by atoms with E-state index in [4.69, 9.17) is 10.2 Å². The third-order valence-electron chi connectivity index (χ3n) is 1.40. The molecule has 0 radical (unpaired) electrons. The fraction of sp³-hybridized carbons (Fsp3) is 0.857. The molecule has 0 aliphatic heterocycles. The molecule has 0 rings (SSSR count). The van der Waals surface area contributed by atoms with Crippen molar-refractivity contribution in [2.45, 2.75) is 19.6 Å². The summed E-state index contributed by atoms with van der Waals surface area (Å²) in [7, 11) is 0. The molecule has 0 saturated carbocycles. The van der Waals surface area contributed by atoms with Crippen molar-refractivity contribution >= 4 is 5.91 Å². The molecule has 5 heteroatoms. The third kappa shape index (κ3) is 3.17. The molecule has 0 fully saturated rings. The van der Waals surface area contributed by atoms with Crippen molar-refractivity contribution in [3.05, 3.63) is 0 Å². The van der Waals surface area contributed by atoms with Gasteiger partial charge in [0.25, 0.3) is 0 Å². The van der Waals surface area contributed by atoms with E-state index in [0.717, 1.165) is 0 Å². The van der Waals surface area contributed by atoms with Crippen LogP contribution in [0.4, 0.5) is 0 Å². The van der Waals surface area contributed by atoms with Crippen LogP contribution in [0.25, 0.3) is 0 Å². The number of carbonyl (C=O) groups is 1. The van der Waals surface area contributed by atoms with Crippen molar-refractivity contribution in [3.63, 3.8) is 0 Å². The molecule has 0 aromatic heterocycles. The first-order valence-corrected chi connectivity index (χ1v) is 3.71. The average molecular weight is 177 g/mol. The first kappa shape index (κ1) is 11.4. The van der Waals surface area contributed by atoms with Crippen LogP contribution in [0.5, 0.6) is 0 Å². The maximum Gasteiger partial charge on any atom is 0.224 e. The van der Waals surface area contributed by atoms with Crippen LogP contribution in [0.3, 0.4) is 0 Å². The van der Waals surface area contributed by atoms with E-state index in [0.29, 0.717) is 0 Å². The van der Waals surface area contributed by atoms with Gasteiger partial charge < -0.3 is 20.6 Å². The van der Waals surface area contributed by atoms with Crippen LogP contribution in [-0.4, -0.2) is 40.2 Å². The number of nitrogens with one attached hydrogen (secondary N) is 1. The van der Waals surface area contributed by atoms with Crippen LogP contribution in [-0.2, 0) is 4.79 Å². The Bertz CT molecular complexity index is 153. The molecule has 0 unspecified atom stereocenters. The molecule has 0 spiro atoms. The Morgan fingerprint density at radius 1 is 1.42 bits per heavy atom. The molecular weight excluding hydrogens is 162 g/mol. The Hall–Kier alpha value is -0.650. The zero-order valence-corrected chi connectivity index (χ0v) is 7.24. The van der Waals surface area contributed by atoms with Crippen LogP contribution in [0.15, 0.2) is 0 Å². The number of carbonyl (C=O) groups excluding carboxylic acids is 1. The predicted octanol–water partition coefficient (Wildman–Crippen LogP) is -1.57. The van der Waals surface area contributed by atoms with E-state index in [9.17, 15) is 9.90 Å². The summed E-state index contributed by atoms with van der Waals surface area (Å²) in [6.45, 7) is 1.87. The lowest BCUT2D eigenvalue weighted by Crippen LogP contribution is -2.55. The van der Waals surface area contributed by atoms with Crippen molar-refractivity contribution in [3.8, 4) is 0 Å². The van der Waals surface area contributed by atoms with Gasteiger partial charge in [-0.15, -0.1) is 0 Å². The molecule has 0 saturated heterocycles. The predicted molar refractivity (Wildman–Crippen MR) is 42.1 cm³/mol. The van der Waals surface area contributed by atoms with Crippen LogP contribution in [0, 0.1) is 5.92 Å². The fourth-order valence-electron chi connectivity index (χ4n) is 0.503. The van der Waals surface area contributed by atoms with Gasteiger partial charge >= 0.3 is 0 Å². The van der Waals surface area contributed by atoms with E-state index in [1.165, 1.54) is 0 Å². The van der Waals surface area contributed by atoms with E-state index < -0.39 is 24.8 Å². The lowest BCUT2D eigenvalue weighted by molar-refractivity contribution is -0.139. The normalized spacial score (nSPS) is 11.8. The number of hydrogen-bond donors (Lipinski definition) is 4. The first-order valence-electron chi connectivity index (χ1n) is 3.71. The number of aliphatic hydroxyl groups excluding tert-OH is 2. The van der Waals surface area contributed by atoms with Gasteiger partial charge in [0.05, 0.1) is 13.2 Å². The summed E-state index contributed by atoms with van der Waals surface area (Å²) in [4.78, 5) is 11.0. The Labute approximate surface area is 71.0 Å². The van der Waals surface area contributed by atoms with Crippen LogP contribution < -0.4 is 5.32 Å². The van der Waals surface area contributed by atoms with Gasteiger partial charge in [0.1, 0.15) is 0 Å². The maximum absolute atomic E-state index is 11.0. The molecule has 0 aliphatic carbocycles. The molecule has 1 amide bonds. The molecule has 4 N–H and O–H groups in total. The van der Waals surface area contributed by atoms with Gasteiger partial charge in [0.2, 0.25) is 5.91 Å². The highest BCUT2D eigenvalue weighted by molar-refractivity contribution is 5.78.